The highest BCUT2D eigenvalue weighted by Crippen LogP contribution is 2.16. The van der Waals surface area contributed by atoms with Crippen LogP contribution in [-0.2, 0) is 11.2 Å². The zero-order valence-corrected chi connectivity index (χ0v) is 15.3. The first-order valence-corrected chi connectivity index (χ1v) is 9.73. The molecule has 0 fully saturated rings. The van der Waals surface area contributed by atoms with Crippen LogP contribution in [0.3, 0.4) is 0 Å². The van der Waals surface area contributed by atoms with Gasteiger partial charge in [-0.05, 0) is 30.0 Å². The zero-order chi connectivity index (χ0) is 17.5. The molecule has 0 bridgehead atoms. The van der Waals surface area contributed by atoms with E-state index in [1.54, 1.807) is 6.08 Å². The highest BCUT2D eigenvalue weighted by Gasteiger charge is 2.00. The number of hydrogen-bond donors (Lipinski definition) is 1. The first kappa shape index (κ1) is 20.5. The summed E-state index contributed by atoms with van der Waals surface area (Å²) in [6.07, 6.45) is 18.8. The Morgan fingerprint density at radius 2 is 1.42 bits per heavy atom. The molecule has 24 heavy (non-hydrogen) atoms. The summed E-state index contributed by atoms with van der Waals surface area (Å²) < 4.78 is 0. The van der Waals surface area contributed by atoms with Crippen LogP contribution in [0.2, 0.25) is 0 Å². The molecule has 1 rings (SSSR count). The highest BCUT2D eigenvalue weighted by molar-refractivity contribution is 5.85. The van der Waals surface area contributed by atoms with Gasteiger partial charge < -0.3 is 5.11 Å². The molecule has 0 amide bonds. The summed E-state index contributed by atoms with van der Waals surface area (Å²) in [7, 11) is 0. The molecule has 2 nitrogen and oxygen atoms in total. The van der Waals surface area contributed by atoms with Gasteiger partial charge in [-0.3, -0.25) is 0 Å². The van der Waals surface area contributed by atoms with Crippen LogP contribution in [0.5, 0.6) is 0 Å². The minimum Gasteiger partial charge on any atom is -0.478 e. The predicted octanol–water partition coefficient (Wildman–Crippen LogP) is 6.64. The largest absolute Gasteiger partial charge is 0.478 e. The van der Waals surface area contributed by atoms with Crippen molar-refractivity contribution in [1.82, 2.24) is 0 Å². The number of rotatable bonds is 14. The molecule has 0 aromatic heterocycles. The average Bonchev–Trinajstić information content (AvgIpc) is 2.58. The summed E-state index contributed by atoms with van der Waals surface area (Å²) in [4.78, 5) is 10.7. The maximum Gasteiger partial charge on any atom is 0.328 e. The van der Waals surface area contributed by atoms with Crippen LogP contribution in [-0.4, -0.2) is 11.1 Å². The monoisotopic (exact) mass is 330 g/mol. The number of benzene rings is 1. The summed E-state index contributed by atoms with van der Waals surface area (Å²) in [6.45, 7) is 2.26. The second-order valence-electron chi connectivity index (χ2n) is 6.66. The normalized spacial score (nSPS) is 11.2. The van der Waals surface area contributed by atoms with Crippen molar-refractivity contribution >= 4 is 12.0 Å². The van der Waals surface area contributed by atoms with Crippen molar-refractivity contribution in [3.63, 3.8) is 0 Å². The van der Waals surface area contributed by atoms with Crippen LogP contribution >= 0.6 is 0 Å². The Morgan fingerprint density at radius 3 is 2.00 bits per heavy atom. The fourth-order valence-electron chi connectivity index (χ4n) is 3.07. The van der Waals surface area contributed by atoms with Gasteiger partial charge in [-0.25, -0.2) is 4.79 Å². The van der Waals surface area contributed by atoms with Crippen LogP contribution in [0.1, 0.15) is 88.7 Å². The number of unbranched alkanes of at least 4 members (excludes halogenated alkanes) is 10. The van der Waals surface area contributed by atoms with Crippen LogP contribution in [0, 0.1) is 0 Å². The van der Waals surface area contributed by atoms with Gasteiger partial charge in [-0.2, -0.15) is 0 Å². The quantitative estimate of drug-likeness (QED) is 0.307. The molecule has 0 radical (unpaired) electrons. The van der Waals surface area contributed by atoms with Crippen molar-refractivity contribution in [2.45, 2.75) is 84.0 Å². The Morgan fingerprint density at radius 1 is 0.875 bits per heavy atom. The molecule has 1 aromatic carbocycles. The van der Waals surface area contributed by atoms with E-state index in [1.807, 2.05) is 18.2 Å². The van der Waals surface area contributed by atoms with E-state index in [-0.39, 0.29) is 0 Å². The van der Waals surface area contributed by atoms with Crippen molar-refractivity contribution in [3.8, 4) is 0 Å². The Labute approximate surface area is 148 Å². The maximum atomic E-state index is 10.7. The predicted molar refractivity (Wildman–Crippen MR) is 103 cm³/mol. The smallest absolute Gasteiger partial charge is 0.328 e. The zero-order valence-electron chi connectivity index (χ0n) is 15.3. The van der Waals surface area contributed by atoms with Gasteiger partial charge in [-0.1, -0.05) is 95.4 Å². The summed E-state index contributed by atoms with van der Waals surface area (Å²) in [6, 6.07) is 8.10. The van der Waals surface area contributed by atoms with Crippen LogP contribution < -0.4 is 0 Å². The van der Waals surface area contributed by atoms with Gasteiger partial charge in [0.1, 0.15) is 0 Å². The van der Waals surface area contributed by atoms with E-state index in [0.29, 0.717) is 0 Å². The van der Waals surface area contributed by atoms with E-state index >= 15 is 0 Å². The molecule has 0 atom stereocenters. The SMILES string of the molecule is CCCCCCCCCCCCCc1ccccc1C=CC(=O)O. The van der Waals surface area contributed by atoms with E-state index in [2.05, 4.69) is 13.0 Å². The van der Waals surface area contributed by atoms with Crippen LogP contribution in [0.4, 0.5) is 0 Å². The van der Waals surface area contributed by atoms with Crippen molar-refractivity contribution in [3.05, 3.63) is 41.5 Å². The molecule has 1 aromatic rings. The lowest BCUT2D eigenvalue weighted by molar-refractivity contribution is -0.131. The molecule has 0 heterocycles. The van der Waals surface area contributed by atoms with Crippen LogP contribution in [0.25, 0.3) is 6.08 Å². The standard InChI is InChI=1S/C22H34O2/c1-2-3-4-5-6-7-8-9-10-11-12-15-20-16-13-14-17-21(20)18-19-22(23)24/h13-14,16-19H,2-12,15H2,1H3,(H,23,24). The average molecular weight is 331 g/mol. The third kappa shape index (κ3) is 10.3. The summed E-state index contributed by atoms with van der Waals surface area (Å²) in [5, 5.41) is 8.76. The van der Waals surface area contributed by atoms with Crippen molar-refractivity contribution in [2.75, 3.05) is 0 Å². The van der Waals surface area contributed by atoms with E-state index in [1.165, 1.54) is 82.3 Å². The molecule has 0 unspecified atom stereocenters. The minimum absolute atomic E-state index is 0.889. The topological polar surface area (TPSA) is 37.3 Å². The lowest BCUT2D eigenvalue weighted by atomic mass is 9.99. The van der Waals surface area contributed by atoms with Gasteiger partial charge in [0.05, 0.1) is 0 Å². The van der Waals surface area contributed by atoms with E-state index in [9.17, 15) is 4.79 Å². The Hall–Kier alpha value is -1.57. The summed E-state index contributed by atoms with van der Waals surface area (Å²) >= 11 is 0. The number of aryl methyl sites for hydroxylation is 1. The Balaban J connectivity index is 2.10. The number of aliphatic carboxylic acids is 1. The van der Waals surface area contributed by atoms with Gasteiger partial charge in [-0.15, -0.1) is 0 Å². The molecule has 0 aliphatic carbocycles. The van der Waals surface area contributed by atoms with Crippen molar-refractivity contribution < 1.29 is 9.90 Å². The molecule has 0 aliphatic heterocycles. The van der Waals surface area contributed by atoms with Gasteiger partial charge in [0, 0.05) is 6.08 Å². The Bertz CT molecular complexity index is 477. The first-order valence-electron chi connectivity index (χ1n) is 9.73. The third-order valence-electron chi connectivity index (χ3n) is 4.51. The molecule has 0 aliphatic rings. The Kier molecular flexibility index (Phi) is 11.8. The number of carboxylic acid groups (broad SMARTS) is 1. The molecule has 134 valence electrons. The minimum atomic E-state index is -0.889. The van der Waals surface area contributed by atoms with E-state index in [0.717, 1.165) is 12.0 Å². The van der Waals surface area contributed by atoms with E-state index < -0.39 is 5.97 Å². The van der Waals surface area contributed by atoms with Crippen molar-refractivity contribution in [1.29, 1.82) is 0 Å². The third-order valence-corrected chi connectivity index (χ3v) is 4.51. The first-order chi connectivity index (χ1) is 11.7. The second-order valence-corrected chi connectivity index (χ2v) is 6.66. The lowest BCUT2D eigenvalue weighted by Crippen LogP contribution is -1.92. The fraction of sp³-hybridized carbons (Fsp3) is 0.591. The van der Waals surface area contributed by atoms with Gasteiger partial charge in [0.15, 0.2) is 0 Å². The van der Waals surface area contributed by atoms with Crippen LogP contribution in [0.15, 0.2) is 30.3 Å². The second kappa shape index (κ2) is 13.8. The fourth-order valence-corrected chi connectivity index (χ4v) is 3.07. The van der Waals surface area contributed by atoms with Gasteiger partial charge in [0.2, 0.25) is 0 Å². The lowest BCUT2D eigenvalue weighted by Gasteiger charge is -2.06. The number of carboxylic acids is 1. The molecule has 0 saturated heterocycles. The molecular weight excluding hydrogens is 296 g/mol. The molecule has 0 saturated carbocycles. The van der Waals surface area contributed by atoms with E-state index in [4.69, 9.17) is 5.11 Å². The maximum absolute atomic E-state index is 10.7. The van der Waals surface area contributed by atoms with Gasteiger partial charge in [0.25, 0.3) is 0 Å². The summed E-state index contributed by atoms with van der Waals surface area (Å²) in [5.74, 6) is -0.889. The van der Waals surface area contributed by atoms with Crippen molar-refractivity contribution in [2.24, 2.45) is 0 Å². The number of carbonyl (C=O) groups is 1. The molecule has 2 heteroatoms. The molecule has 1 N–H and O–H groups in total. The highest BCUT2D eigenvalue weighted by atomic mass is 16.4. The molecule has 0 spiro atoms. The molecular formula is C22H34O2. The summed E-state index contributed by atoms with van der Waals surface area (Å²) in [5.41, 5.74) is 2.29. The number of hydrogen-bond acceptors (Lipinski definition) is 1. The van der Waals surface area contributed by atoms with Gasteiger partial charge >= 0.3 is 5.97 Å².